The van der Waals surface area contributed by atoms with E-state index >= 15 is 0 Å². The summed E-state index contributed by atoms with van der Waals surface area (Å²) in [7, 11) is 0. The van der Waals surface area contributed by atoms with E-state index in [0.717, 1.165) is 29.5 Å². The van der Waals surface area contributed by atoms with E-state index < -0.39 is 5.97 Å². The Hall–Kier alpha value is -1.68. The molecule has 1 aliphatic heterocycles. The van der Waals surface area contributed by atoms with Crippen LogP contribution in [-0.2, 0) is 4.79 Å². The number of carbonyl (C=O) groups is 2. The van der Waals surface area contributed by atoms with Crippen molar-refractivity contribution in [1.29, 1.82) is 0 Å². The third-order valence-corrected chi connectivity index (χ3v) is 3.96. The molecule has 0 unspecified atom stereocenters. The first-order chi connectivity index (χ1) is 9.47. The molecule has 4 heteroatoms. The van der Waals surface area contributed by atoms with Gasteiger partial charge in [0.15, 0.2) is 5.78 Å². The number of likely N-dealkylation sites (tertiary alicyclic amines) is 1. The summed E-state index contributed by atoms with van der Waals surface area (Å²) in [5.74, 6) is -0.567. The molecule has 20 heavy (non-hydrogen) atoms. The van der Waals surface area contributed by atoms with Crippen LogP contribution in [0.1, 0.15) is 34.3 Å². The van der Waals surface area contributed by atoms with Crippen LogP contribution in [0.2, 0.25) is 0 Å². The number of hydrogen-bond donors (Lipinski definition) is 1. The number of nitrogens with zero attached hydrogens (tertiary/aromatic N) is 1. The van der Waals surface area contributed by atoms with Crippen LogP contribution in [0.5, 0.6) is 0 Å². The van der Waals surface area contributed by atoms with Gasteiger partial charge in [0.1, 0.15) is 0 Å². The summed E-state index contributed by atoms with van der Waals surface area (Å²) in [6, 6.07) is 5.92. The van der Waals surface area contributed by atoms with E-state index in [0.29, 0.717) is 13.1 Å². The molecule has 1 aliphatic rings. The Kier molecular flexibility index (Phi) is 4.55. The van der Waals surface area contributed by atoms with Gasteiger partial charge in [-0.3, -0.25) is 14.5 Å². The Labute approximate surface area is 119 Å². The second-order valence-electron chi connectivity index (χ2n) is 5.63. The van der Waals surface area contributed by atoms with E-state index in [1.165, 1.54) is 0 Å². The highest BCUT2D eigenvalue weighted by molar-refractivity contribution is 5.99. The van der Waals surface area contributed by atoms with E-state index in [4.69, 9.17) is 5.11 Å². The van der Waals surface area contributed by atoms with Crippen LogP contribution in [0.25, 0.3) is 0 Å². The number of aliphatic carboxylic acids is 1. The Balaban J connectivity index is 1.99. The van der Waals surface area contributed by atoms with Crippen LogP contribution in [0.15, 0.2) is 18.2 Å². The van der Waals surface area contributed by atoms with E-state index in [1.807, 2.05) is 36.9 Å². The van der Waals surface area contributed by atoms with Crippen molar-refractivity contribution in [2.45, 2.75) is 26.7 Å². The van der Waals surface area contributed by atoms with Crippen molar-refractivity contribution < 1.29 is 14.7 Å². The van der Waals surface area contributed by atoms with Gasteiger partial charge in [0.05, 0.1) is 6.54 Å². The third kappa shape index (κ3) is 3.45. The number of rotatable bonds is 4. The van der Waals surface area contributed by atoms with Crippen molar-refractivity contribution in [3.8, 4) is 0 Å². The summed E-state index contributed by atoms with van der Waals surface area (Å²) < 4.78 is 0. The Morgan fingerprint density at radius 1 is 1.25 bits per heavy atom. The lowest BCUT2D eigenvalue weighted by atomic mass is 9.87. The highest BCUT2D eigenvalue weighted by Crippen LogP contribution is 2.23. The largest absolute Gasteiger partial charge is 0.480 e. The maximum Gasteiger partial charge on any atom is 0.317 e. The van der Waals surface area contributed by atoms with Crippen molar-refractivity contribution >= 4 is 11.8 Å². The summed E-state index contributed by atoms with van der Waals surface area (Å²) in [6.45, 7) is 5.44. The molecule has 0 radical (unpaired) electrons. The average Bonchev–Trinajstić information content (AvgIpc) is 2.38. The molecule has 0 aliphatic carbocycles. The SMILES string of the molecule is Cc1ccc(C(=O)C2CCN(CC(=O)O)CC2)c(C)c1. The minimum Gasteiger partial charge on any atom is -0.480 e. The summed E-state index contributed by atoms with van der Waals surface area (Å²) in [4.78, 5) is 25.1. The zero-order valence-corrected chi connectivity index (χ0v) is 12.1. The second kappa shape index (κ2) is 6.18. The van der Waals surface area contributed by atoms with Crippen LogP contribution in [0.3, 0.4) is 0 Å². The molecule has 1 aromatic carbocycles. The highest BCUT2D eigenvalue weighted by atomic mass is 16.4. The summed E-state index contributed by atoms with van der Waals surface area (Å²) >= 11 is 0. The van der Waals surface area contributed by atoms with Gasteiger partial charge in [0.25, 0.3) is 0 Å². The number of piperidine rings is 1. The van der Waals surface area contributed by atoms with Gasteiger partial charge in [-0.2, -0.15) is 0 Å². The van der Waals surface area contributed by atoms with Crippen LogP contribution in [-0.4, -0.2) is 41.4 Å². The molecule has 1 N–H and O–H groups in total. The van der Waals surface area contributed by atoms with Gasteiger partial charge in [-0.25, -0.2) is 0 Å². The summed E-state index contributed by atoms with van der Waals surface area (Å²) in [5, 5.41) is 8.77. The Morgan fingerprint density at radius 2 is 1.90 bits per heavy atom. The molecular formula is C16H21NO3. The third-order valence-electron chi connectivity index (χ3n) is 3.96. The highest BCUT2D eigenvalue weighted by Gasteiger charge is 2.27. The lowest BCUT2D eigenvalue weighted by Crippen LogP contribution is -2.39. The minimum atomic E-state index is -0.802. The first-order valence-corrected chi connectivity index (χ1v) is 7.03. The normalized spacial score (nSPS) is 17.1. The van der Waals surface area contributed by atoms with Gasteiger partial charge in [0.2, 0.25) is 0 Å². The van der Waals surface area contributed by atoms with Crippen LogP contribution in [0, 0.1) is 19.8 Å². The number of carbonyl (C=O) groups excluding carboxylic acids is 1. The molecule has 1 fully saturated rings. The van der Waals surface area contributed by atoms with E-state index in [2.05, 4.69) is 0 Å². The molecule has 1 saturated heterocycles. The molecule has 0 aromatic heterocycles. The number of benzene rings is 1. The molecule has 2 rings (SSSR count). The van der Waals surface area contributed by atoms with E-state index in [1.54, 1.807) is 0 Å². The molecule has 4 nitrogen and oxygen atoms in total. The maximum atomic E-state index is 12.5. The predicted molar refractivity (Wildman–Crippen MR) is 77.0 cm³/mol. The van der Waals surface area contributed by atoms with Crippen molar-refractivity contribution in [2.24, 2.45) is 5.92 Å². The van der Waals surface area contributed by atoms with Crippen molar-refractivity contribution in [1.82, 2.24) is 4.90 Å². The van der Waals surface area contributed by atoms with Gasteiger partial charge < -0.3 is 5.11 Å². The lowest BCUT2D eigenvalue weighted by Gasteiger charge is -2.30. The van der Waals surface area contributed by atoms with Crippen molar-refractivity contribution in [2.75, 3.05) is 19.6 Å². The van der Waals surface area contributed by atoms with Gasteiger partial charge in [-0.15, -0.1) is 0 Å². The minimum absolute atomic E-state index is 0.0291. The van der Waals surface area contributed by atoms with Crippen LogP contribution >= 0.6 is 0 Å². The number of hydrogen-bond acceptors (Lipinski definition) is 3. The fourth-order valence-electron chi connectivity index (χ4n) is 2.85. The van der Waals surface area contributed by atoms with Gasteiger partial charge >= 0.3 is 5.97 Å². The molecule has 1 aromatic rings. The van der Waals surface area contributed by atoms with Gasteiger partial charge in [0, 0.05) is 11.5 Å². The van der Waals surface area contributed by atoms with Crippen LogP contribution < -0.4 is 0 Å². The number of carboxylic acid groups (broad SMARTS) is 1. The monoisotopic (exact) mass is 275 g/mol. The number of ketones is 1. The quantitative estimate of drug-likeness (QED) is 0.856. The van der Waals surface area contributed by atoms with Gasteiger partial charge in [-0.1, -0.05) is 23.8 Å². The molecular weight excluding hydrogens is 254 g/mol. The molecule has 108 valence electrons. The van der Waals surface area contributed by atoms with Crippen molar-refractivity contribution in [3.63, 3.8) is 0 Å². The second-order valence-corrected chi connectivity index (χ2v) is 5.63. The standard InChI is InChI=1S/C16H21NO3/c1-11-3-4-14(12(2)9-11)16(20)13-5-7-17(8-6-13)10-15(18)19/h3-4,9,13H,5-8,10H2,1-2H3,(H,18,19). The van der Waals surface area contributed by atoms with Crippen molar-refractivity contribution in [3.05, 3.63) is 34.9 Å². The smallest absolute Gasteiger partial charge is 0.317 e. The fraction of sp³-hybridized carbons (Fsp3) is 0.500. The number of aryl methyl sites for hydroxylation is 2. The molecule has 0 saturated carbocycles. The first kappa shape index (κ1) is 14.7. The average molecular weight is 275 g/mol. The topological polar surface area (TPSA) is 57.6 Å². The number of Topliss-reactive ketones (excluding diaryl/α,β-unsaturated/α-hetero) is 1. The molecule has 0 spiro atoms. The Bertz CT molecular complexity index is 516. The molecule has 0 amide bonds. The number of carboxylic acids is 1. The molecule has 0 atom stereocenters. The van der Waals surface area contributed by atoms with E-state index in [-0.39, 0.29) is 18.2 Å². The first-order valence-electron chi connectivity index (χ1n) is 7.03. The predicted octanol–water partition coefficient (Wildman–Crippen LogP) is 2.28. The summed E-state index contributed by atoms with van der Waals surface area (Å²) in [5.41, 5.74) is 3.01. The fourth-order valence-corrected chi connectivity index (χ4v) is 2.85. The zero-order chi connectivity index (χ0) is 14.7. The van der Waals surface area contributed by atoms with Gasteiger partial charge in [-0.05, 0) is 45.3 Å². The van der Waals surface area contributed by atoms with Crippen LogP contribution in [0.4, 0.5) is 0 Å². The Morgan fingerprint density at radius 3 is 2.45 bits per heavy atom. The lowest BCUT2D eigenvalue weighted by molar-refractivity contribution is -0.138. The molecule has 0 bridgehead atoms. The maximum absolute atomic E-state index is 12.5. The zero-order valence-electron chi connectivity index (χ0n) is 12.1. The van der Waals surface area contributed by atoms with E-state index in [9.17, 15) is 9.59 Å². The molecule has 1 heterocycles. The summed E-state index contributed by atoms with van der Waals surface area (Å²) in [6.07, 6.45) is 1.50.